The van der Waals surface area contributed by atoms with E-state index in [1.165, 1.54) is 38.5 Å². The van der Waals surface area contributed by atoms with Crippen molar-refractivity contribution in [2.45, 2.75) is 83.7 Å². The molecule has 0 saturated heterocycles. The number of unbranched alkanes of at least 4 members (excludes halogenated alkanes) is 3. The molecule has 0 aromatic heterocycles. The Hall–Kier alpha value is -0.690. The Kier molecular flexibility index (Phi) is 17.8. The first-order valence-electron chi connectivity index (χ1n) is 11.3. The maximum Gasteiger partial charge on any atom is 0.306 e. The molecule has 0 aromatic carbocycles. The number of esters is 1. The van der Waals surface area contributed by atoms with Gasteiger partial charge in [0.1, 0.15) is 6.10 Å². The molecule has 6 nitrogen and oxygen atoms in total. The monoisotopic (exact) mass is 402 g/mol. The van der Waals surface area contributed by atoms with Crippen molar-refractivity contribution in [3.63, 3.8) is 0 Å². The maximum absolute atomic E-state index is 11.7. The Balaban J connectivity index is 1.71. The van der Waals surface area contributed by atoms with E-state index in [0.29, 0.717) is 59.1 Å². The van der Waals surface area contributed by atoms with Crippen LogP contribution in [0, 0.1) is 0 Å². The predicted octanol–water partition coefficient (Wildman–Crippen LogP) is 4.29. The van der Waals surface area contributed by atoms with Crippen molar-refractivity contribution in [1.82, 2.24) is 0 Å². The second-order valence-corrected chi connectivity index (χ2v) is 7.36. The summed E-state index contributed by atoms with van der Waals surface area (Å²) in [5, 5.41) is 0. The van der Waals surface area contributed by atoms with E-state index < -0.39 is 0 Å². The summed E-state index contributed by atoms with van der Waals surface area (Å²) < 4.78 is 27.4. The van der Waals surface area contributed by atoms with Crippen LogP contribution in [0.3, 0.4) is 0 Å². The molecular weight excluding hydrogens is 360 g/mol. The topological polar surface area (TPSA) is 63.2 Å². The number of ether oxygens (including phenoxy) is 5. The van der Waals surface area contributed by atoms with Gasteiger partial charge >= 0.3 is 5.97 Å². The van der Waals surface area contributed by atoms with E-state index in [4.69, 9.17) is 23.7 Å². The molecule has 0 bridgehead atoms. The van der Waals surface area contributed by atoms with Crippen LogP contribution in [-0.4, -0.2) is 64.9 Å². The Morgan fingerprint density at radius 3 is 1.79 bits per heavy atom. The third kappa shape index (κ3) is 16.3. The third-order valence-corrected chi connectivity index (χ3v) is 4.78. The molecule has 1 saturated carbocycles. The van der Waals surface area contributed by atoms with Gasteiger partial charge in [0.15, 0.2) is 0 Å². The van der Waals surface area contributed by atoms with Crippen molar-refractivity contribution in [2.75, 3.05) is 52.9 Å². The molecule has 0 N–H and O–H groups in total. The van der Waals surface area contributed by atoms with Gasteiger partial charge in [-0.25, -0.2) is 0 Å². The second kappa shape index (κ2) is 19.6. The van der Waals surface area contributed by atoms with E-state index in [-0.39, 0.29) is 12.1 Å². The molecule has 0 heterocycles. The van der Waals surface area contributed by atoms with E-state index in [1.807, 2.05) is 0 Å². The van der Waals surface area contributed by atoms with Crippen LogP contribution in [0.15, 0.2) is 0 Å². The molecule has 0 radical (unpaired) electrons. The lowest BCUT2D eigenvalue weighted by atomic mass is 9.98. The Labute approximate surface area is 171 Å². The Morgan fingerprint density at radius 1 is 0.679 bits per heavy atom. The number of carbonyl (C=O) groups excluding carboxylic acids is 1. The van der Waals surface area contributed by atoms with Crippen LogP contribution >= 0.6 is 0 Å². The molecule has 0 amide bonds. The number of hydrogen-bond donors (Lipinski definition) is 0. The lowest BCUT2D eigenvalue weighted by Crippen LogP contribution is -2.21. The van der Waals surface area contributed by atoms with Gasteiger partial charge in [-0.15, -0.1) is 0 Å². The van der Waals surface area contributed by atoms with E-state index in [0.717, 1.165) is 25.9 Å². The first-order chi connectivity index (χ1) is 13.8. The average molecular weight is 403 g/mol. The van der Waals surface area contributed by atoms with E-state index in [2.05, 4.69) is 6.92 Å². The van der Waals surface area contributed by atoms with Crippen LogP contribution in [-0.2, 0) is 28.5 Å². The van der Waals surface area contributed by atoms with Gasteiger partial charge in [-0.05, 0) is 38.5 Å². The molecule has 6 heteroatoms. The van der Waals surface area contributed by atoms with Crippen molar-refractivity contribution >= 4 is 5.97 Å². The molecule has 1 aliphatic carbocycles. The summed E-state index contributed by atoms with van der Waals surface area (Å²) >= 11 is 0. The standard InChI is InChI=1S/C22H42O6/c1-2-3-4-8-13-24-15-17-26-19-20-27-18-16-25-14-9-12-22(23)28-21-10-6-5-7-11-21/h21H,2-20H2,1H3. The van der Waals surface area contributed by atoms with Crippen molar-refractivity contribution < 1.29 is 28.5 Å². The first-order valence-corrected chi connectivity index (χ1v) is 11.3. The summed E-state index contributed by atoms with van der Waals surface area (Å²) in [7, 11) is 0. The largest absolute Gasteiger partial charge is 0.462 e. The molecular formula is C22H42O6. The number of rotatable bonds is 19. The minimum Gasteiger partial charge on any atom is -0.462 e. The van der Waals surface area contributed by atoms with Gasteiger partial charge in [0.05, 0.1) is 39.6 Å². The average Bonchev–Trinajstić information content (AvgIpc) is 2.71. The highest BCUT2D eigenvalue weighted by Crippen LogP contribution is 2.20. The lowest BCUT2D eigenvalue weighted by Gasteiger charge is -2.21. The minimum atomic E-state index is -0.0890. The van der Waals surface area contributed by atoms with Gasteiger partial charge in [-0.3, -0.25) is 4.79 Å². The lowest BCUT2D eigenvalue weighted by molar-refractivity contribution is -0.150. The number of carbonyl (C=O) groups is 1. The van der Waals surface area contributed by atoms with Gasteiger partial charge < -0.3 is 23.7 Å². The summed E-state index contributed by atoms with van der Waals surface area (Å²) in [6, 6.07) is 0. The van der Waals surface area contributed by atoms with E-state index in [1.54, 1.807) is 0 Å². The quantitative estimate of drug-likeness (QED) is 0.237. The summed E-state index contributed by atoms with van der Waals surface area (Å²) in [6.45, 7) is 7.09. The van der Waals surface area contributed by atoms with Gasteiger partial charge in [0.25, 0.3) is 0 Å². The maximum atomic E-state index is 11.7. The third-order valence-electron chi connectivity index (χ3n) is 4.78. The van der Waals surface area contributed by atoms with Gasteiger partial charge in [0, 0.05) is 19.6 Å². The summed E-state index contributed by atoms with van der Waals surface area (Å²) in [5.74, 6) is -0.0890. The molecule has 1 rings (SSSR count). The van der Waals surface area contributed by atoms with Gasteiger partial charge in [0.2, 0.25) is 0 Å². The molecule has 1 fully saturated rings. The van der Waals surface area contributed by atoms with Crippen molar-refractivity contribution in [3.05, 3.63) is 0 Å². The molecule has 166 valence electrons. The zero-order valence-corrected chi connectivity index (χ0v) is 18.0. The SMILES string of the molecule is CCCCCCOCCOCCOCCOCCCC(=O)OC1CCCCC1. The minimum absolute atomic E-state index is 0.0890. The molecule has 0 atom stereocenters. The Bertz CT molecular complexity index is 344. The fourth-order valence-electron chi connectivity index (χ4n) is 3.14. The summed E-state index contributed by atoms with van der Waals surface area (Å²) in [6.07, 6.45) is 11.9. The smallest absolute Gasteiger partial charge is 0.306 e. The van der Waals surface area contributed by atoms with Crippen LogP contribution in [0.5, 0.6) is 0 Å². The zero-order chi connectivity index (χ0) is 20.1. The molecule has 1 aliphatic rings. The highest BCUT2D eigenvalue weighted by atomic mass is 16.6. The molecule has 0 spiro atoms. The summed E-state index contributed by atoms with van der Waals surface area (Å²) in [4.78, 5) is 11.7. The predicted molar refractivity (Wildman–Crippen MR) is 110 cm³/mol. The van der Waals surface area contributed by atoms with Gasteiger partial charge in [-0.2, -0.15) is 0 Å². The molecule has 0 unspecified atom stereocenters. The fourth-order valence-corrected chi connectivity index (χ4v) is 3.14. The van der Waals surface area contributed by atoms with Crippen LogP contribution in [0.2, 0.25) is 0 Å². The zero-order valence-electron chi connectivity index (χ0n) is 18.0. The van der Waals surface area contributed by atoms with Crippen LogP contribution in [0.25, 0.3) is 0 Å². The van der Waals surface area contributed by atoms with Crippen LogP contribution in [0.4, 0.5) is 0 Å². The molecule has 0 aromatic rings. The fraction of sp³-hybridized carbons (Fsp3) is 0.955. The summed E-state index contributed by atoms with van der Waals surface area (Å²) in [5.41, 5.74) is 0. The van der Waals surface area contributed by atoms with Crippen molar-refractivity contribution in [1.29, 1.82) is 0 Å². The first kappa shape index (κ1) is 25.3. The molecule has 28 heavy (non-hydrogen) atoms. The Morgan fingerprint density at radius 2 is 1.21 bits per heavy atom. The highest BCUT2D eigenvalue weighted by Gasteiger charge is 2.17. The van der Waals surface area contributed by atoms with Crippen LogP contribution < -0.4 is 0 Å². The van der Waals surface area contributed by atoms with Crippen molar-refractivity contribution in [2.24, 2.45) is 0 Å². The van der Waals surface area contributed by atoms with Gasteiger partial charge in [-0.1, -0.05) is 32.6 Å². The number of hydrogen-bond acceptors (Lipinski definition) is 6. The van der Waals surface area contributed by atoms with Crippen molar-refractivity contribution in [3.8, 4) is 0 Å². The molecule has 0 aliphatic heterocycles. The normalized spacial score (nSPS) is 15.0. The van der Waals surface area contributed by atoms with E-state index in [9.17, 15) is 4.79 Å². The van der Waals surface area contributed by atoms with Crippen LogP contribution in [0.1, 0.15) is 77.6 Å². The highest BCUT2D eigenvalue weighted by molar-refractivity contribution is 5.69. The van der Waals surface area contributed by atoms with E-state index >= 15 is 0 Å². The second-order valence-electron chi connectivity index (χ2n) is 7.36.